The van der Waals surface area contributed by atoms with Crippen LogP contribution in [0.5, 0.6) is 5.75 Å². The van der Waals surface area contributed by atoms with E-state index >= 15 is 0 Å². The van der Waals surface area contributed by atoms with E-state index in [9.17, 15) is 4.79 Å². The molecule has 4 aromatic rings. The van der Waals surface area contributed by atoms with Crippen LogP contribution in [0.25, 0.3) is 22.3 Å². The van der Waals surface area contributed by atoms with E-state index < -0.39 is 0 Å². The fourth-order valence-electron chi connectivity index (χ4n) is 3.32. The molecule has 3 aromatic carbocycles. The van der Waals surface area contributed by atoms with Crippen LogP contribution in [0.15, 0.2) is 82.0 Å². The molecule has 0 aliphatic carbocycles. The van der Waals surface area contributed by atoms with Gasteiger partial charge in [-0.3, -0.25) is 4.79 Å². The van der Waals surface area contributed by atoms with Crippen LogP contribution in [0.2, 0.25) is 5.02 Å². The van der Waals surface area contributed by atoms with Crippen molar-refractivity contribution in [3.8, 4) is 17.1 Å². The summed E-state index contributed by atoms with van der Waals surface area (Å²) in [6, 6.07) is 22.8. The first-order chi connectivity index (χ1) is 14.3. The second-order valence-electron chi connectivity index (χ2n) is 8.33. The van der Waals surface area contributed by atoms with Gasteiger partial charge in [0.1, 0.15) is 12.2 Å². The lowest BCUT2D eigenvalue weighted by Gasteiger charge is -2.19. The normalized spacial score (nSPS) is 11.6. The molecule has 0 spiro atoms. The molecule has 4 heteroatoms. The molecule has 0 amide bonds. The number of ether oxygens (including phenoxy) is 1. The highest BCUT2D eigenvalue weighted by molar-refractivity contribution is 6.31. The van der Waals surface area contributed by atoms with E-state index in [4.69, 9.17) is 20.8 Å². The Morgan fingerprint density at radius 2 is 1.63 bits per heavy atom. The van der Waals surface area contributed by atoms with Gasteiger partial charge in [-0.1, -0.05) is 87.0 Å². The Morgan fingerprint density at radius 3 is 2.30 bits per heavy atom. The van der Waals surface area contributed by atoms with E-state index in [-0.39, 0.29) is 23.2 Å². The summed E-state index contributed by atoms with van der Waals surface area (Å²) in [6.45, 7) is 6.76. The molecule has 0 saturated heterocycles. The third-order valence-corrected chi connectivity index (χ3v) is 5.28. The Bertz CT molecular complexity index is 1230. The van der Waals surface area contributed by atoms with Crippen LogP contribution in [-0.4, -0.2) is 0 Å². The average molecular weight is 419 g/mol. The predicted molar refractivity (Wildman–Crippen MR) is 122 cm³/mol. The van der Waals surface area contributed by atoms with Gasteiger partial charge >= 0.3 is 0 Å². The zero-order chi connectivity index (χ0) is 21.3. The lowest BCUT2D eigenvalue weighted by molar-refractivity contribution is 0.298. The highest BCUT2D eigenvalue weighted by Crippen LogP contribution is 2.33. The molecule has 0 aliphatic rings. The third kappa shape index (κ3) is 4.12. The highest BCUT2D eigenvalue weighted by Gasteiger charge is 2.20. The molecule has 0 bridgehead atoms. The minimum atomic E-state index is -0.232. The Kier molecular flexibility index (Phi) is 5.40. The maximum absolute atomic E-state index is 13.3. The minimum Gasteiger partial charge on any atom is -0.481 e. The molecule has 152 valence electrons. The van der Waals surface area contributed by atoms with Gasteiger partial charge in [0, 0.05) is 10.6 Å². The van der Waals surface area contributed by atoms with Crippen molar-refractivity contribution >= 4 is 22.6 Å². The SMILES string of the molecule is CC(C)(C)c1ccc(-c2oc3ccc(Cl)cc3c(=O)c2OCc2ccccc2)cc1. The number of benzene rings is 3. The number of fused-ring (bicyclic) bond motifs is 1. The smallest absolute Gasteiger partial charge is 0.235 e. The van der Waals surface area contributed by atoms with Gasteiger partial charge in [-0.05, 0) is 34.7 Å². The summed E-state index contributed by atoms with van der Waals surface area (Å²) in [5.41, 5.74) is 3.24. The molecule has 30 heavy (non-hydrogen) atoms. The van der Waals surface area contributed by atoms with Crippen LogP contribution in [0, 0.1) is 0 Å². The first-order valence-corrected chi connectivity index (χ1v) is 10.2. The minimum absolute atomic E-state index is 0.0339. The molecule has 0 unspecified atom stereocenters. The molecule has 4 rings (SSSR count). The Balaban J connectivity index is 1.84. The second kappa shape index (κ2) is 8.00. The lowest BCUT2D eigenvalue weighted by atomic mass is 9.86. The van der Waals surface area contributed by atoms with Crippen LogP contribution in [-0.2, 0) is 12.0 Å². The second-order valence-corrected chi connectivity index (χ2v) is 8.77. The largest absolute Gasteiger partial charge is 0.481 e. The molecule has 0 fully saturated rings. The molecular weight excluding hydrogens is 396 g/mol. The fraction of sp³-hybridized carbons (Fsp3) is 0.192. The standard InChI is InChI=1S/C26H23ClO3/c1-26(2,3)19-11-9-18(10-12-19)24-25(29-16-17-7-5-4-6-8-17)23(28)21-15-20(27)13-14-22(21)30-24/h4-15H,16H2,1-3H3. The summed E-state index contributed by atoms with van der Waals surface area (Å²) in [7, 11) is 0. The Hall–Kier alpha value is -3.04. The fourth-order valence-corrected chi connectivity index (χ4v) is 3.49. The molecular formula is C26H23ClO3. The van der Waals surface area contributed by atoms with Crippen molar-refractivity contribution in [3.63, 3.8) is 0 Å². The molecule has 3 nitrogen and oxygen atoms in total. The third-order valence-electron chi connectivity index (χ3n) is 5.05. The Morgan fingerprint density at radius 1 is 0.933 bits per heavy atom. The quantitative estimate of drug-likeness (QED) is 0.358. The molecule has 0 N–H and O–H groups in total. The van der Waals surface area contributed by atoms with Crippen LogP contribution < -0.4 is 10.2 Å². The molecule has 1 heterocycles. The van der Waals surface area contributed by atoms with E-state index in [0.29, 0.717) is 21.8 Å². The number of hydrogen-bond donors (Lipinski definition) is 0. The summed E-state index contributed by atoms with van der Waals surface area (Å²) in [4.78, 5) is 13.3. The molecule has 0 radical (unpaired) electrons. The van der Waals surface area contributed by atoms with Crippen LogP contribution in [0.4, 0.5) is 0 Å². The van der Waals surface area contributed by atoms with Crippen molar-refractivity contribution < 1.29 is 9.15 Å². The summed E-state index contributed by atoms with van der Waals surface area (Å²) >= 11 is 6.11. The van der Waals surface area contributed by atoms with Gasteiger partial charge in [0.05, 0.1) is 5.39 Å². The zero-order valence-electron chi connectivity index (χ0n) is 17.2. The van der Waals surface area contributed by atoms with Gasteiger partial charge in [-0.2, -0.15) is 0 Å². The summed E-state index contributed by atoms with van der Waals surface area (Å²) in [6.07, 6.45) is 0. The number of halogens is 1. The molecule has 0 atom stereocenters. The topological polar surface area (TPSA) is 39.4 Å². The van der Waals surface area contributed by atoms with E-state index in [2.05, 4.69) is 32.9 Å². The van der Waals surface area contributed by atoms with Gasteiger partial charge in [-0.15, -0.1) is 0 Å². The zero-order valence-corrected chi connectivity index (χ0v) is 18.0. The first kappa shape index (κ1) is 20.2. The van der Waals surface area contributed by atoms with Crippen molar-refractivity contribution in [2.45, 2.75) is 32.8 Å². The van der Waals surface area contributed by atoms with Gasteiger partial charge in [0.25, 0.3) is 0 Å². The van der Waals surface area contributed by atoms with Crippen molar-refractivity contribution in [2.24, 2.45) is 0 Å². The summed E-state index contributed by atoms with van der Waals surface area (Å²) in [5.74, 6) is 0.614. The predicted octanol–water partition coefficient (Wildman–Crippen LogP) is 6.99. The van der Waals surface area contributed by atoms with Gasteiger partial charge in [0.15, 0.2) is 5.76 Å². The van der Waals surface area contributed by atoms with Crippen molar-refractivity contribution in [2.75, 3.05) is 0 Å². The van der Waals surface area contributed by atoms with E-state index in [1.165, 1.54) is 5.56 Å². The first-order valence-electron chi connectivity index (χ1n) is 9.87. The van der Waals surface area contributed by atoms with Gasteiger partial charge in [0.2, 0.25) is 11.2 Å². The van der Waals surface area contributed by atoms with E-state index in [0.717, 1.165) is 11.1 Å². The van der Waals surface area contributed by atoms with Gasteiger partial charge in [-0.25, -0.2) is 0 Å². The van der Waals surface area contributed by atoms with Gasteiger partial charge < -0.3 is 9.15 Å². The number of rotatable bonds is 4. The van der Waals surface area contributed by atoms with Crippen molar-refractivity contribution in [1.82, 2.24) is 0 Å². The maximum atomic E-state index is 13.3. The maximum Gasteiger partial charge on any atom is 0.235 e. The molecule has 1 aromatic heterocycles. The van der Waals surface area contributed by atoms with Crippen molar-refractivity contribution in [1.29, 1.82) is 0 Å². The van der Waals surface area contributed by atoms with Crippen LogP contribution in [0.1, 0.15) is 31.9 Å². The average Bonchev–Trinajstić information content (AvgIpc) is 2.73. The lowest BCUT2D eigenvalue weighted by Crippen LogP contribution is -2.11. The Labute approximate surface area is 180 Å². The summed E-state index contributed by atoms with van der Waals surface area (Å²) < 4.78 is 12.1. The summed E-state index contributed by atoms with van der Waals surface area (Å²) in [5, 5.41) is 0.881. The number of hydrogen-bond acceptors (Lipinski definition) is 3. The monoisotopic (exact) mass is 418 g/mol. The van der Waals surface area contributed by atoms with E-state index in [1.807, 2.05) is 42.5 Å². The molecule has 0 saturated carbocycles. The highest BCUT2D eigenvalue weighted by atomic mass is 35.5. The van der Waals surface area contributed by atoms with Crippen LogP contribution in [0.3, 0.4) is 0 Å². The van der Waals surface area contributed by atoms with Crippen LogP contribution >= 0.6 is 11.6 Å². The van der Waals surface area contributed by atoms with E-state index in [1.54, 1.807) is 18.2 Å². The molecule has 0 aliphatic heterocycles. The van der Waals surface area contributed by atoms with Crippen molar-refractivity contribution in [3.05, 3.63) is 99.2 Å².